The van der Waals surface area contributed by atoms with E-state index in [9.17, 15) is 0 Å². The molecule has 5 heteroatoms. The first kappa shape index (κ1) is 15.1. The van der Waals surface area contributed by atoms with E-state index >= 15 is 0 Å². The maximum absolute atomic E-state index is 5.77. The van der Waals surface area contributed by atoms with Gasteiger partial charge in [0.2, 0.25) is 11.7 Å². The zero-order chi connectivity index (χ0) is 13.8. The lowest BCUT2D eigenvalue weighted by Crippen LogP contribution is -2.23. The van der Waals surface area contributed by atoms with Gasteiger partial charge < -0.3 is 15.0 Å². The van der Waals surface area contributed by atoms with Gasteiger partial charge in [-0.2, -0.15) is 4.98 Å². The van der Waals surface area contributed by atoms with Crippen LogP contribution in [0.4, 0.5) is 0 Å². The molecule has 1 atom stereocenters. The predicted molar refractivity (Wildman–Crippen MR) is 70.2 cm³/mol. The zero-order valence-corrected chi connectivity index (χ0v) is 12.1. The fourth-order valence-corrected chi connectivity index (χ4v) is 1.94. The van der Waals surface area contributed by atoms with E-state index in [1.807, 2.05) is 20.8 Å². The molecule has 1 aromatic heterocycles. The third-order valence-electron chi connectivity index (χ3n) is 2.88. The van der Waals surface area contributed by atoms with Crippen LogP contribution in [0.15, 0.2) is 4.52 Å². The molecule has 1 rings (SSSR count). The third-order valence-corrected chi connectivity index (χ3v) is 2.88. The minimum absolute atomic E-state index is 0.128. The average Bonchev–Trinajstić information content (AvgIpc) is 2.75. The van der Waals surface area contributed by atoms with E-state index in [1.54, 1.807) is 0 Å². The SMILES string of the molecule is CCOC(C)(C)c1noc(C(CN)CC(C)C)n1. The molecule has 104 valence electrons. The number of ether oxygens (including phenoxy) is 1. The first-order valence-electron chi connectivity index (χ1n) is 6.58. The second-order valence-electron chi connectivity index (χ2n) is 5.46. The van der Waals surface area contributed by atoms with Gasteiger partial charge in [0, 0.05) is 13.2 Å². The highest BCUT2D eigenvalue weighted by Gasteiger charge is 2.29. The van der Waals surface area contributed by atoms with Crippen LogP contribution in [-0.2, 0) is 10.3 Å². The molecule has 0 aliphatic rings. The molecule has 2 N–H and O–H groups in total. The lowest BCUT2D eigenvalue weighted by atomic mass is 9.97. The molecular formula is C13H25N3O2. The maximum atomic E-state index is 5.77. The molecule has 0 spiro atoms. The van der Waals surface area contributed by atoms with Gasteiger partial charge >= 0.3 is 0 Å². The van der Waals surface area contributed by atoms with Crippen molar-refractivity contribution in [3.63, 3.8) is 0 Å². The summed E-state index contributed by atoms with van der Waals surface area (Å²) in [5.74, 6) is 1.88. The van der Waals surface area contributed by atoms with Crippen molar-refractivity contribution in [3.8, 4) is 0 Å². The number of nitrogens with zero attached hydrogens (tertiary/aromatic N) is 2. The van der Waals surface area contributed by atoms with Crippen LogP contribution in [0, 0.1) is 5.92 Å². The maximum Gasteiger partial charge on any atom is 0.231 e. The summed E-state index contributed by atoms with van der Waals surface area (Å²) in [6.07, 6.45) is 0.952. The first-order chi connectivity index (χ1) is 8.40. The molecule has 18 heavy (non-hydrogen) atoms. The van der Waals surface area contributed by atoms with Crippen molar-refractivity contribution in [1.29, 1.82) is 0 Å². The molecule has 0 aliphatic heterocycles. The summed E-state index contributed by atoms with van der Waals surface area (Å²) in [7, 11) is 0. The molecule has 0 aromatic carbocycles. The van der Waals surface area contributed by atoms with E-state index in [-0.39, 0.29) is 5.92 Å². The van der Waals surface area contributed by atoms with E-state index in [1.165, 1.54) is 0 Å². The molecule has 0 bridgehead atoms. The Kier molecular flexibility index (Phi) is 5.28. The number of hydrogen-bond donors (Lipinski definition) is 1. The van der Waals surface area contributed by atoms with E-state index in [4.69, 9.17) is 15.0 Å². The van der Waals surface area contributed by atoms with Gasteiger partial charge in [-0.25, -0.2) is 0 Å². The van der Waals surface area contributed by atoms with Gasteiger partial charge in [0.25, 0.3) is 0 Å². The summed E-state index contributed by atoms with van der Waals surface area (Å²) >= 11 is 0. The number of hydrogen-bond acceptors (Lipinski definition) is 5. The van der Waals surface area contributed by atoms with E-state index in [2.05, 4.69) is 24.0 Å². The van der Waals surface area contributed by atoms with Gasteiger partial charge in [-0.1, -0.05) is 19.0 Å². The van der Waals surface area contributed by atoms with Crippen LogP contribution >= 0.6 is 0 Å². The summed E-state index contributed by atoms with van der Waals surface area (Å²) < 4.78 is 10.9. The molecule has 5 nitrogen and oxygen atoms in total. The Morgan fingerprint density at radius 3 is 2.56 bits per heavy atom. The number of rotatable bonds is 7. The predicted octanol–water partition coefficient (Wildman–Crippen LogP) is 2.43. The van der Waals surface area contributed by atoms with Gasteiger partial charge in [0.05, 0.1) is 5.92 Å². The van der Waals surface area contributed by atoms with Gasteiger partial charge in [-0.3, -0.25) is 0 Å². The van der Waals surface area contributed by atoms with Crippen molar-refractivity contribution in [2.24, 2.45) is 11.7 Å². The zero-order valence-electron chi connectivity index (χ0n) is 12.1. The summed E-state index contributed by atoms with van der Waals surface area (Å²) in [4.78, 5) is 4.44. The standard InChI is InChI=1S/C13H25N3O2/c1-6-17-13(4,5)12-15-11(18-16-12)10(8-14)7-9(2)3/h9-10H,6-8,14H2,1-5H3. The Morgan fingerprint density at radius 2 is 2.06 bits per heavy atom. The molecule has 0 aliphatic carbocycles. The molecule has 0 amide bonds. The van der Waals surface area contributed by atoms with Crippen LogP contribution in [-0.4, -0.2) is 23.3 Å². The van der Waals surface area contributed by atoms with E-state index in [0.29, 0.717) is 30.8 Å². The summed E-state index contributed by atoms with van der Waals surface area (Å²) in [6, 6.07) is 0. The van der Waals surface area contributed by atoms with Gasteiger partial charge in [0.1, 0.15) is 5.60 Å². The lowest BCUT2D eigenvalue weighted by Gasteiger charge is -2.20. The van der Waals surface area contributed by atoms with E-state index in [0.717, 1.165) is 6.42 Å². The smallest absolute Gasteiger partial charge is 0.231 e. The summed E-state index contributed by atoms with van der Waals surface area (Å²) in [6.45, 7) is 11.3. The minimum atomic E-state index is -0.520. The van der Waals surface area contributed by atoms with Crippen molar-refractivity contribution in [2.45, 2.75) is 52.6 Å². The van der Waals surface area contributed by atoms with Gasteiger partial charge in [-0.05, 0) is 33.1 Å². The fourth-order valence-electron chi connectivity index (χ4n) is 1.94. The number of nitrogens with two attached hydrogens (primary N) is 1. The quantitative estimate of drug-likeness (QED) is 0.810. The molecule has 0 saturated heterocycles. The first-order valence-corrected chi connectivity index (χ1v) is 6.58. The van der Waals surface area contributed by atoms with Gasteiger partial charge in [0.15, 0.2) is 0 Å². The fraction of sp³-hybridized carbons (Fsp3) is 0.846. The molecule has 1 unspecified atom stereocenters. The van der Waals surface area contributed by atoms with Crippen LogP contribution in [0.1, 0.15) is 58.7 Å². The Balaban J connectivity index is 2.84. The topological polar surface area (TPSA) is 74.2 Å². The van der Waals surface area contributed by atoms with Crippen LogP contribution < -0.4 is 5.73 Å². The van der Waals surface area contributed by atoms with Crippen molar-refractivity contribution in [1.82, 2.24) is 10.1 Å². The van der Waals surface area contributed by atoms with Crippen LogP contribution in [0.25, 0.3) is 0 Å². The van der Waals surface area contributed by atoms with Crippen LogP contribution in [0.3, 0.4) is 0 Å². The molecular weight excluding hydrogens is 230 g/mol. The Bertz CT molecular complexity index is 361. The lowest BCUT2D eigenvalue weighted by molar-refractivity contribution is -0.0221. The second kappa shape index (κ2) is 6.29. The molecule has 1 aromatic rings. The molecule has 0 radical (unpaired) electrons. The number of aromatic nitrogens is 2. The minimum Gasteiger partial charge on any atom is -0.368 e. The molecule has 0 saturated carbocycles. The average molecular weight is 255 g/mol. The molecule has 0 fully saturated rings. The highest BCUT2D eigenvalue weighted by molar-refractivity contribution is 5.01. The van der Waals surface area contributed by atoms with Crippen LogP contribution in [0.2, 0.25) is 0 Å². The van der Waals surface area contributed by atoms with Crippen molar-refractivity contribution in [2.75, 3.05) is 13.2 Å². The molecule has 1 heterocycles. The highest BCUT2D eigenvalue weighted by Crippen LogP contribution is 2.26. The van der Waals surface area contributed by atoms with E-state index < -0.39 is 5.60 Å². The Hall–Kier alpha value is -0.940. The third kappa shape index (κ3) is 3.78. The summed E-state index contributed by atoms with van der Waals surface area (Å²) in [5.41, 5.74) is 5.25. The van der Waals surface area contributed by atoms with Crippen molar-refractivity contribution < 1.29 is 9.26 Å². The normalized spacial score (nSPS) is 14.2. The monoisotopic (exact) mass is 255 g/mol. The van der Waals surface area contributed by atoms with Crippen molar-refractivity contribution >= 4 is 0 Å². The highest BCUT2D eigenvalue weighted by atomic mass is 16.5. The summed E-state index contributed by atoms with van der Waals surface area (Å²) in [5, 5.41) is 4.02. The largest absolute Gasteiger partial charge is 0.368 e. The second-order valence-corrected chi connectivity index (χ2v) is 5.46. The Labute approximate surface area is 109 Å². The Morgan fingerprint density at radius 1 is 1.39 bits per heavy atom. The van der Waals surface area contributed by atoms with Gasteiger partial charge in [-0.15, -0.1) is 0 Å². The van der Waals surface area contributed by atoms with Crippen molar-refractivity contribution in [3.05, 3.63) is 11.7 Å². The van der Waals surface area contributed by atoms with Crippen LogP contribution in [0.5, 0.6) is 0 Å².